The molecule has 0 aromatic carbocycles. The van der Waals surface area contributed by atoms with Crippen molar-refractivity contribution < 1.29 is 20.1 Å². The molecule has 0 heterocycles. The molecular weight excluding hydrogens is 316 g/mol. The highest BCUT2D eigenvalue weighted by Crippen LogP contribution is 2.67. The summed E-state index contributed by atoms with van der Waals surface area (Å²) < 4.78 is 0. The molecule has 3 fully saturated rings. The zero-order chi connectivity index (χ0) is 18.2. The second-order valence-corrected chi connectivity index (χ2v) is 9.59. The first-order valence-electron chi connectivity index (χ1n) is 10.1. The number of aliphatic hydroxyl groups is 3. The maximum absolute atomic E-state index is 12.1. The van der Waals surface area contributed by atoms with E-state index < -0.39 is 23.1 Å². The van der Waals surface area contributed by atoms with Crippen molar-refractivity contribution in [1.82, 2.24) is 0 Å². The molecule has 3 saturated carbocycles. The molecule has 0 aromatic heterocycles. The topological polar surface area (TPSA) is 77.8 Å². The normalized spacial score (nSPS) is 51.4. The Kier molecular flexibility index (Phi) is 3.82. The van der Waals surface area contributed by atoms with Crippen molar-refractivity contribution >= 4 is 5.78 Å². The average Bonchev–Trinajstić information content (AvgIpc) is 2.91. The van der Waals surface area contributed by atoms with E-state index in [9.17, 15) is 20.1 Å². The van der Waals surface area contributed by atoms with E-state index in [0.717, 1.165) is 37.2 Å². The van der Waals surface area contributed by atoms with E-state index in [4.69, 9.17) is 0 Å². The lowest BCUT2D eigenvalue weighted by atomic mass is 9.45. The summed E-state index contributed by atoms with van der Waals surface area (Å²) >= 11 is 0. The average molecular weight is 348 g/mol. The smallest absolute Gasteiger partial charge is 0.255 e. The highest BCUT2D eigenvalue weighted by molar-refractivity contribution is 5.98. The van der Waals surface area contributed by atoms with Gasteiger partial charge in [-0.15, -0.1) is 0 Å². The summed E-state index contributed by atoms with van der Waals surface area (Å²) in [4.78, 5) is 12.1. The van der Waals surface area contributed by atoms with Crippen LogP contribution in [0.1, 0.15) is 65.7 Å². The summed E-state index contributed by atoms with van der Waals surface area (Å²) in [5, 5.41) is 31.3. The summed E-state index contributed by atoms with van der Waals surface area (Å²) in [6.45, 7) is 6.73. The minimum atomic E-state index is -2.65. The summed E-state index contributed by atoms with van der Waals surface area (Å²) in [5.74, 6) is -1.23. The fourth-order valence-electron chi connectivity index (χ4n) is 7.47. The van der Waals surface area contributed by atoms with Gasteiger partial charge in [-0.1, -0.05) is 32.8 Å². The van der Waals surface area contributed by atoms with Crippen LogP contribution in [-0.4, -0.2) is 33.0 Å². The number of carbonyl (C=O) groups is 1. The van der Waals surface area contributed by atoms with Crippen LogP contribution in [0.4, 0.5) is 0 Å². The van der Waals surface area contributed by atoms with Gasteiger partial charge in [0.25, 0.3) is 5.79 Å². The first-order valence-corrected chi connectivity index (χ1v) is 10.1. The molecule has 0 spiro atoms. The molecule has 4 aliphatic rings. The van der Waals surface area contributed by atoms with Crippen molar-refractivity contribution in [2.75, 3.05) is 0 Å². The highest BCUT2D eigenvalue weighted by atomic mass is 16.5. The third kappa shape index (κ3) is 2.08. The van der Waals surface area contributed by atoms with Crippen molar-refractivity contribution in [1.29, 1.82) is 0 Å². The summed E-state index contributed by atoms with van der Waals surface area (Å²) in [5.41, 5.74) is 0.614. The molecule has 25 heavy (non-hydrogen) atoms. The number of aliphatic hydroxyl groups excluding tert-OH is 1. The maximum Gasteiger partial charge on any atom is 0.255 e. The molecule has 0 saturated heterocycles. The molecule has 3 N–H and O–H groups in total. The molecular formula is C21H32O4. The van der Waals surface area contributed by atoms with Crippen LogP contribution in [0, 0.1) is 34.5 Å². The van der Waals surface area contributed by atoms with Crippen molar-refractivity contribution in [2.24, 2.45) is 34.5 Å². The summed E-state index contributed by atoms with van der Waals surface area (Å²) in [6, 6.07) is 0. The van der Waals surface area contributed by atoms with Crippen LogP contribution in [0.3, 0.4) is 0 Å². The number of ketones is 1. The second-order valence-electron chi connectivity index (χ2n) is 9.59. The van der Waals surface area contributed by atoms with Gasteiger partial charge in [-0.05, 0) is 73.7 Å². The number of fused-ring (bicyclic) bond motifs is 5. The number of hydrogen-bond donors (Lipinski definition) is 3. The third-order valence-corrected chi connectivity index (χ3v) is 8.95. The zero-order valence-corrected chi connectivity index (χ0v) is 15.7. The lowest BCUT2D eigenvalue weighted by Gasteiger charge is -2.60. The fraction of sp³-hybridized carbons (Fsp3) is 0.857. The fourth-order valence-corrected chi connectivity index (χ4v) is 7.47. The largest absolute Gasteiger partial charge is 0.386 e. The van der Waals surface area contributed by atoms with Gasteiger partial charge in [0.2, 0.25) is 5.78 Å². The van der Waals surface area contributed by atoms with Crippen molar-refractivity contribution in [3.05, 3.63) is 11.6 Å². The van der Waals surface area contributed by atoms with Crippen LogP contribution < -0.4 is 0 Å². The van der Waals surface area contributed by atoms with Crippen LogP contribution in [0.15, 0.2) is 11.6 Å². The van der Waals surface area contributed by atoms with Gasteiger partial charge in [0.15, 0.2) is 0 Å². The molecule has 4 nitrogen and oxygen atoms in total. The molecule has 1 unspecified atom stereocenters. The Hall–Kier alpha value is -0.710. The molecule has 7 atom stereocenters. The number of hydrogen-bond acceptors (Lipinski definition) is 4. The SMILES string of the molecule is CC[C@H]1CC[C@H]2[C@@H]3CCC4=CC(=O)C(O)(O)C(O)[C@]4(C)[C@H]3CC[C@]12C. The van der Waals surface area contributed by atoms with Crippen molar-refractivity contribution in [2.45, 2.75) is 77.6 Å². The van der Waals surface area contributed by atoms with Gasteiger partial charge in [-0.2, -0.15) is 0 Å². The van der Waals surface area contributed by atoms with E-state index in [1.807, 2.05) is 6.92 Å². The summed E-state index contributed by atoms with van der Waals surface area (Å²) in [6.07, 6.45) is 7.77. The molecule has 0 aromatic rings. The minimum absolute atomic E-state index is 0.225. The second kappa shape index (κ2) is 5.40. The molecule has 4 aliphatic carbocycles. The zero-order valence-electron chi connectivity index (χ0n) is 15.7. The van der Waals surface area contributed by atoms with Crippen LogP contribution in [-0.2, 0) is 4.79 Å². The number of carbonyl (C=O) groups excluding carboxylic acids is 1. The Labute approximate surface area is 150 Å². The Morgan fingerprint density at radius 2 is 1.84 bits per heavy atom. The Morgan fingerprint density at radius 3 is 2.52 bits per heavy atom. The maximum atomic E-state index is 12.1. The van der Waals surface area contributed by atoms with Gasteiger partial charge in [0.05, 0.1) is 0 Å². The van der Waals surface area contributed by atoms with Gasteiger partial charge in [0, 0.05) is 5.41 Å². The van der Waals surface area contributed by atoms with Crippen LogP contribution in [0.2, 0.25) is 0 Å². The minimum Gasteiger partial charge on any atom is -0.386 e. The van der Waals surface area contributed by atoms with E-state index in [1.54, 1.807) is 0 Å². The van der Waals surface area contributed by atoms with E-state index in [0.29, 0.717) is 17.3 Å². The quantitative estimate of drug-likeness (QED) is 0.637. The van der Waals surface area contributed by atoms with Gasteiger partial charge in [-0.25, -0.2) is 0 Å². The number of rotatable bonds is 1. The Morgan fingerprint density at radius 1 is 1.12 bits per heavy atom. The molecule has 4 heteroatoms. The predicted molar refractivity (Wildman–Crippen MR) is 94.4 cm³/mol. The van der Waals surface area contributed by atoms with E-state index in [2.05, 4.69) is 13.8 Å². The van der Waals surface area contributed by atoms with E-state index >= 15 is 0 Å². The molecule has 0 bridgehead atoms. The predicted octanol–water partition coefficient (Wildman–Crippen LogP) is 2.81. The van der Waals surface area contributed by atoms with Gasteiger partial charge in [-0.3, -0.25) is 4.79 Å². The molecule has 0 amide bonds. The Bertz CT molecular complexity index is 623. The molecule has 0 aliphatic heterocycles. The lowest BCUT2D eigenvalue weighted by molar-refractivity contribution is -0.252. The molecule has 0 radical (unpaired) electrons. The van der Waals surface area contributed by atoms with E-state index in [-0.39, 0.29) is 5.92 Å². The van der Waals surface area contributed by atoms with Crippen molar-refractivity contribution in [3.63, 3.8) is 0 Å². The molecule has 140 valence electrons. The highest BCUT2D eigenvalue weighted by Gasteiger charge is 2.64. The monoisotopic (exact) mass is 348 g/mol. The first-order chi connectivity index (χ1) is 11.7. The van der Waals surface area contributed by atoms with Crippen LogP contribution in [0.25, 0.3) is 0 Å². The standard InChI is InChI=1S/C21H32O4/c1-4-12-6-8-15-14-7-5-13-11-17(22)21(24,25)18(23)20(13,3)16(14)9-10-19(12,15)2/h11-12,14-16,18,23-25H,4-10H2,1-3H3/t12-,14-,15-,16-,18?,19+,20-/m0/s1. The third-order valence-electron chi connectivity index (χ3n) is 8.95. The van der Waals surface area contributed by atoms with Gasteiger partial charge < -0.3 is 15.3 Å². The lowest BCUT2D eigenvalue weighted by Crippen LogP contribution is -2.64. The Balaban J connectivity index is 1.73. The van der Waals surface area contributed by atoms with Crippen LogP contribution in [0.5, 0.6) is 0 Å². The van der Waals surface area contributed by atoms with Gasteiger partial charge in [0.1, 0.15) is 6.10 Å². The molecule has 4 rings (SSSR count). The van der Waals surface area contributed by atoms with Gasteiger partial charge >= 0.3 is 0 Å². The van der Waals surface area contributed by atoms with Crippen molar-refractivity contribution in [3.8, 4) is 0 Å². The summed E-state index contributed by atoms with van der Waals surface area (Å²) in [7, 11) is 0. The van der Waals surface area contributed by atoms with E-state index in [1.165, 1.54) is 25.3 Å². The first kappa shape index (κ1) is 17.7. The van der Waals surface area contributed by atoms with Crippen LogP contribution >= 0.6 is 0 Å².